The first-order chi connectivity index (χ1) is 13.3. The van der Waals surface area contributed by atoms with E-state index in [9.17, 15) is 4.79 Å². The summed E-state index contributed by atoms with van der Waals surface area (Å²) < 4.78 is 11.8. The fourth-order valence-corrected chi connectivity index (χ4v) is 4.04. The largest absolute Gasteiger partial charge is 0.488 e. The molecule has 0 unspecified atom stereocenters. The summed E-state index contributed by atoms with van der Waals surface area (Å²) in [5.74, 6) is 0.770. The number of ether oxygens (including phenoxy) is 1. The monoisotopic (exact) mass is 376 g/mol. The molecule has 146 valence electrons. The van der Waals surface area contributed by atoms with Gasteiger partial charge in [-0.05, 0) is 66.8 Å². The molecule has 1 aromatic heterocycles. The second kappa shape index (κ2) is 7.12. The van der Waals surface area contributed by atoms with Crippen molar-refractivity contribution in [3.05, 3.63) is 74.6 Å². The Labute approximate surface area is 166 Å². The Morgan fingerprint density at radius 3 is 2.32 bits per heavy atom. The smallest absolute Gasteiger partial charge is 0.339 e. The molecule has 0 bridgehead atoms. The van der Waals surface area contributed by atoms with Crippen molar-refractivity contribution in [2.75, 3.05) is 0 Å². The van der Waals surface area contributed by atoms with E-state index < -0.39 is 0 Å². The van der Waals surface area contributed by atoms with Crippen LogP contribution in [-0.4, -0.2) is 0 Å². The highest BCUT2D eigenvalue weighted by Crippen LogP contribution is 2.33. The van der Waals surface area contributed by atoms with Crippen molar-refractivity contribution < 1.29 is 9.15 Å². The zero-order valence-electron chi connectivity index (χ0n) is 17.2. The normalized spacial score (nSPS) is 14.1. The van der Waals surface area contributed by atoms with Crippen LogP contribution in [0.1, 0.15) is 61.4 Å². The maximum atomic E-state index is 12.4. The Kier molecular flexibility index (Phi) is 4.78. The van der Waals surface area contributed by atoms with Crippen molar-refractivity contribution >= 4 is 11.0 Å². The fraction of sp³-hybridized carbons (Fsp3) is 0.400. The Morgan fingerprint density at radius 1 is 0.964 bits per heavy atom. The molecule has 0 saturated heterocycles. The highest BCUT2D eigenvalue weighted by Gasteiger charge is 2.20. The molecule has 0 spiro atoms. The van der Waals surface area contributed by atoms with Crippen LogP contribution in [0.2, 0.25) is 0 Å². The van der Waals surface area contributed by atoms with Crippen LogP contribution in [0.5, 0.6) is 5.75 Å². The summed E-state index contributed by atoms with van der Waals surface area (Å²) in [5, 5.41) is 1.06. The number of benzene rings is 2. The summed E-state index contributed by atoms with van der Waals surface area (Å²) >= 11 is 0. The SMILES string of the molecule is Cc1c(OCc2ccc(C(C)(C)C)cc2)ccc2c3c(c(=O)oc12)CCCC3. The van der Waals surface area contributed by atoms with Gasteiger partial charge >= 0.3 is 5.63 Å². The minimum absolute atomic E-state index is 0.144. The van der Waals surface area contributed by atoms with Crippen molar-refractivity contribution in [1.82, 2.24) is 0 Å². The third kappa shape index (κ3) is 3.46. The van der Waals surface area contributed by atoms with Gasteiger partial charge in [-0.25, -0.2) is 4.79 Å². The quantitative estimate of drug-likeness (QED) is 0.538. The second-order valence-electron chi connectivity index (χ2n) is 8.85. The summed E-state index contributed by atoms with van der Waals surface area (Å²) in [7, 11) is 0. The predicted molar refractivity (Wildman–Crippen MR) is 113 cm³/mol. The second-order valence-corrected chi connectivity index (χ2v) is 8.85. The third-order valence-corrected chi connectivity index (χ3v) is 5.80. The van der Waals surface area contributed by atoms with E-state index in [0.29, 0.717) is 12.2 Å². The van der Waals surface area contributed by atoms with E-state index in [2.05, 4.69) is 45.0 Å². The van der Waals surface area contributed by atoms with Crippen LogP contribution < -0.4 is 10.4 Å². The summed E-state index contributed by atoms with van der Waals surface area (Å²) in [6, 6.07) is 12.6. The molecule has 4 rings (SSSR count). The van der Waals surface area contributed by atoms with Crippen LogP contribution in [0.25, 0.3) is 11.0 Å². The maximum absolute atomic E-state index is 12.4. The highest BCUT2D eigenvalue weighted by molar-refractivity contribution is 5.86. The number of hydrogen-bond acceptors (Lipinski definition) is 3. The Balaban J connectivity index is 1.61. The third-order valence-electron chi connectivity index (χ3n) is 5.80. The van der Waals surface area contributed by atoms with Crippen LogP contribution in [0, 0.1) is 6.92 Å². The van der Waals surface area contributed by atoms with Crippen molar-refractivity contribution in [2.24, 2.45) is 0 Å². The van der Waals surface area contributed by atoms with Gasteiger partial charge in [0.15, 0.2) is 0 Å². The number of fused-ring (bicyclic) bond motifs is 3. The molecular formula is C25H28O3. The summed E-state index contributed by atoms with van der Waals surface area (Å²) in [5.41, 5.74) is 6.01. The molecular weight excluding hydrogens is 348 g/mol. The van der Waals surface area contributed by atoms with Gasteiger partial charge in [-0.2, -0.15) is 0 Å². The van der Waals surface area contributed by atoms with Gasteiger partial charge in [-0.15, -0.1) is 0 Å². The molecule has 1 heterocycles. The van der Waals surface area contributed by atoms with Gasteiger partial charge in [0, 0.05) is 16.5 Å². The molecule has 0 saturated carbocycles. The molecule has 28 heavy (non-hydrogen) atoms. The predicted octanol–water partition coefficient (Wildman–Crippen LogP) is 5.86. The van der Waals surface area contributed by atoms with E-state index in [-0.39, 0.29) is 11.0 Å². The van der Waals surface area contributed by atoms with E-state index in [0.717, 1.165) is 53.5 Å². The lowest BCUT2D eigenvalue weighted by atomic mass is 9.87. The Hall–Kier alpha value is -2.55. The maximum Gasteiger partial charge on any atom is 0.339 e. The summed E-state index contributed by atoms with van der Waals surface area (Å²) in [4.78, 5) is 12.4. The molecule has 3 nitrogen and oxygen atoms in total. The molecule has 0 amide bonds. The molecule has 0 fully saturated rings. The minimum Gasteiger partial charge on any atom is -0.488 e. The lowest BCUT2D eigenvalue weighted by Gasteiger charge is -2.19. The van der Waals surface area contributed by atoms with Crippen LogP contribution in [0.15, 0.2) is 45.6 Å². The first-order valence-corrected chi connectivity index (χ1v) is 10.1. The Bertz CT molecular complexity index is 1070. The van der Waals surface area contributed by atoms with Gasteiger partial charge in [-0.1, -0.05) is 45.0 Å². The van der Waals surface area contributed by atoms with Crippen molar-refractivity contribution in [1.29, 1.82) is 0 Å². The average molecular weight is 376 g/mol. The topological polar surface area (TPSA) is 39.4 Å². The van der Waals surface area contributed by atoms with E-state index in [1.165, 1.54) is 11.1 Å². The number of rotatable bonds is 3. The molecule has 0 N–H and O–H groups in total. The molecule has 0 radical (unpaired) electrons. The van der Waals surface area contributed by atoms with Crippen molar-refractivity contribution in [3.8, 4) is 5.75 Å². The molecule has 0 atom stereocenters. The van der Waals surface area contributed by atoms with E-state index >= 15 is 0 Å². The molecule has 1 aliphatic carbocycles. The summed E-state index contributed by atoms with van der Waals surface area (Å²) in [6.07, 6.45) is 3.98. The summed E-state index contributed by atoms with van der Waals surface area (Å²) in [6.45, 7) is 9.10. The van der Waals surface area contributed by atoms with Crippen LogP contribution >= 0.6 is 0 Å². The Morgan fingerprint density at radius 2 is 1.64 bits per heavy atom. The van der Waals surface area contributed by atoms with Gasteiger partial charge < -0.3 is 9.15 Å². The fourth-order valence-electron chi connectivity index (χ4n) is 4.04. The van der Waals surface area contributed by atoms with E-state index in [1.54, 1.807) is 0 Å². The van der Waals surface area contributed by atoms with Crippen LogP contribution in [0.4, 0.5) is 0 Å². The standard InChI is InChI=1S/C25H28O3/c1-16-22(27-15-17-9-11-18(12-10-17)25(2,3)4)14-13-20-19-7-5-6-8-21(19)24(26)28-23(16)20/h9-14H,5-8,15H2,1-4H3. The molecule has 1 aliphatic rings. The number of aryl methyl sites for hydroxylation is 2. The van der Waals surface area contributed by atoms with Gasteiger partial charge in [0.2, 0.25) is 0 Å². The van der Waals surface area contributed by atoms with Crippen molar-refractivity contribution in [2.45, 2.75) is 65.4 Å². The van der Waals surface area contributed by atoms with Crippen LogP contribution in [-0.2, 0) is 24.9 Å². The molecule has 3 aromatic rings. The zero-order chi connectivity index (χ0) is 19.9. The van der Waals surface area contributed by atoms with Crippen LogP contribution in [0.3, 0.4) is 0 Å². The first-order valence-electron chi connectivity index (χ1n) is 10.1. The van der Waals surface area contributed by atoms with Gasteiger partial charge in [0.25, 0.3) is 0 Å². The lowest BCUT2D eigenvalue weighted by Crippen LogP contribution is -2.16. The zero-order valence-corrected chi connectivity index (χ0v) is 17.2. The molecule has 2 aromatic carbocycles. The van der Waals surface area contributed by atoms with Crippen molar-refractivity contribution in [3.63, 3.8) is 0 Å². The van der Waals surface area contributed by atoms with Gasteiger partial charge in [0.1, 0.15) is 17.9 Å². The lowest BCUT2D eigenvalue weighted by molar-refractivity contribution is 0.304. The minimum atomic E-state index is -0.180. The van der Waals surface area contributed by atoms with Gasteiger partial charge in [0.05, 0.1) is 0 Å². The van der Waals surface area contributed by atoms with E-state index in [1.807, 2.05) is 19.1 Å². The number of hydrogen-bond donors (Lipinski definition) is 0. The molecule has 0 aliphatic heterocycles. The van der Waals surface area contributed by atoms with Gasteiger partial charge in [-0.3, -0.25) is 0 Å². The van der Waals surface area contributed by atoms with E-state index in [4.69, 9.17) is 9.15 Å². The first kappa shape index (κ1) is 18.8. The highest BCUT2D eigenvalue weighted by atomic mass is 16.5. The molecule has 3 heteroatoms. The average Bonchev–Trinajstić information content (AvgIpc) is 2.68.